The van der Waals surface area contributed by atoms with E-state index in [1.165, 1.54) is 22.0 Å². The first kappa shape index (κ1) is 25.7. The third-order valence-corrected chi connectivity index (χ3v) is 8.44. The van der Waals surface area contributed by atoms with Gasteiger partial charge in [-0.3, -0.25) is 33.7 Å². The highest BCUT2D eigenvalue weighted by molar-refractivity contribution is 6.00. The van der Waals surface area contributed by atoms with Crippen molar-refractivity contribution in [1.82, 2.24) is 24.3 Å². The van der Waals surface area contributed by atoms with Crippen molar-refractivity contribution in [2.75, 3.05) is 32.7 Å². The van der Waals surface area contributed by atoms with Crippen molar-refractivity contribution >= 4 is 28.8 Å². The molecule has 0 spiro atoms. The molecule has 2 saturated heterocycles. The Balaban J connectivity index is 1.17. The van der Waals surface area contributed by atoms with Crippen LogP contribution < -0.4 is 16.7 Å². The van der Waals surface area contributed by atoms with Crippen LogP contribution in [-0.2, 0) is 27.9 Å². The molecule has 1 unspecified atom stereocenters. The van der Waals surface area contributed by atoms with Crippen molar-refractivity contribution in [1.29, 1.82) is 0 Å². The number of hydrogen-bond donors (Lipinski definition) is 2. The highest BCUT2D eigenvalue weighted by Crippen LogP contribution is 2.25. The number of benzene rings is 1. The monoisotopic (exact) mass is 510 g/mol. The van der Waals surface area contributed by atoms with Gasteiger partial charge in [-0.2, -0.15) is 0 Å². The van der Waals surface area contributed by atoms with Gasteiger partial charge in [-0.1, -0.05) is 6.07 Å². The van der Waals surface area contributed by atoms with E-state index in [-0.39, 0.29) is 23.9 Å². The summed E-state index contributed by atoms with van der Waals surface area (Å²) in [5.74, 6) is 0.150. The Bertz CT molecular complexity index is 1230. The molecule has 10 nitrogen and oxygen atoms in total. The SMILES string of the molecule is Cn1c(=O)n(C2CCC(=O)NC2=O)c2ccc(CCC(=O)N3CCN(CC4CCC(N)CC4)CC3)cc21. The summed E-state index contributed by atoms with van der Waals surface area (Å²) in [6, 6.07) is 5.38. The van der Waals surface area contributed by atoms with Gasteiger partial charge in [0.25, 0.3) is 0 Å². The van der Waals surface area contributed by atoms with Gasteiger partial charge >= 0.3 is 5.69 Å². The molecule has 10 heteroatoms. The van der Waals surface area contributed by atoms with Crippen molar-refractivity contribution in [3.8, 4) is 0 Å². The lowest BCUT2D eigenvalue weighted by Gasteiger charge is -2.38. The van der Waals surface area contributed by atoms with Gasteiger partial charge in [0.15, 0.2) is 0 Å². The second-order valence-corrected chi connectivity index (χ2v) is 11.0. The van der Waals surface area contributed by atoms with E-state index in [9.17, 15) is 19.2 Å². The zero-order valence-corrected chi connectivity index (χ0v) is 21.7. The van der Waals surface area contributed by atoms with Gasteiger partial charge in [-0.25, -0.2) is 4.79 Å². The number of rotatable bonds is 6. The fourth-order valence-corrected chi connectivity index (χ4v) is 6.12. The molecule has 1 saturated carbocycles. The molecule has 1 aromatic carbocycles. The van der Waals surface area contributed by atoms with Crippen LogP contribution in [0, 0.1) is 5.92 Å². The number of aromatic nitrogens is 2. The topological polar surface area (TPSA) is 123 Å². The predicted octanol–water partition coefficient (Wildman–Crippen LogP) is 0.912. The van der Waals surface area contributed by atoms with Crippen molar-refractivity contribution in [2.45, 2.75) is 63.5 Å². The number of aryl methyl sites for hydroxylation is 2. The first-order valence-electron chi connectivity index (χ1n) is 13.6. The molecule has 3 heterocycles. The maximum absolute atomic E-state index is 13.0. The third-order valence-electron chi connectivity index (χ3n) is 8.44. The summed E-state index contributed by atoms with van der Waals surface area (Å²) in [6.45, 7) is 4.51. The Hall–Kier alpha value is -2.98. The Morgan fingerprint density at radius 3 is 2.43 bits per heavy atom. The molecule has 2 aromatic rings. The van der Waals surface area contributed by atoms with Gasteiger partial charge in [0.2, 0.25) is 17.7 Å². The zero-order valence-electron chi connectivity index (χ0n) is 21.7. The van der Waals surface area contributed by atoms with Gasteiger partial charge in [-0.05, 0) is 62.1 Å². The summed E-state index contributed by atoms with van der Waals surface area (Å²) in [6.07, 6.45) is 6.23. The lowest BCUT2D eigenvalue weighted by Crippen LogP contribution is -2.50. The van der Waals surface area contributed by atoms with E-state index in [1.807, 2.05) is 23.1 Å². The number of carbonyl (C=O) groups is 3. The molecule has 37 heavy (non-hydrogen) atoms. The lowest BCUT2D eigenvalue weighted by atomic mass is 9.86. The van der Waals surface area contributed by atoms with Crippen LogP contribution in [0.1, 0.15) is 56.6 Å². The summed E-state index contributed by atoms with van der Waals surface area (Å²) in [7, 11) is 1.68. The normalized spacial score (nSPS) is 25.5. The van der Waals surface area contributed by atoms with Crippen LogP contribution in [0.25, 0.3) is 11.0 Å². The number of imide groups is 1. The Morgan fingerprint density at radius 2 is 1.73 bits per heavy atom. The number of piperidine rings is 1. The fourth-order valence-electron chi connectivity index (χ4n) is 6.12. The highest BCUT2D eigenvalue weighted by atomic mass is 16.2. The first-order chi connectivity index (χ1) is 17.8. The van der Waals surface area contributed by atoms with Crippen LogP contribution in [0.3, 0.4) is 0 Å². The zero-order chi connectivity index (χ0) is 26.1. The number of nitrogens with zero attached hydrogens (tertiary/aromatic N) is 4. The highest BCUT2D eigenvalue weighted by Gasteiger charge is 2.31. The summed E-state index contributed by atoms with van der Waals surface area (Å²) >= 11 is 0. The number of nitrogens with one attached hydrogen (secondary N) is 1. The van der Waals surface area contributed by atoms with Crippen LogP contribution >= 0.6 is 0 Å². The van der Waals surface area contributed by atoms with Gasteiger partial charge in [0.05, 0.1) is 11.0 Å². The number of amides is 3. The fraction of sp³-hybridized carbons (Fsp3) is 0.630. The number of fused-ring (bicyclic) bond motifs is 1. The molecular formula is C27H38N6O4. The lowest BCUT2D eigenvalue weighted by molar-refractivity contribution is -0.136. The maximum Gasteiger partial charge on any atom is 0.329 e. The average molecular weight is 511 g/mol. The molecule has 3 amide bonds. The number of hydrogen-bond acceptors (Lipinski definition) is 6. The number of imidazole rings is 1. The predicted molar refractivity (Wildman–Crippen MR) is 140 cm³/mol. The maximum atomic E-state index is 13.0. The minimum atomic E-state index is -0.698. The second-order valence-electron chi connectivity index (χ2n) is 11.0. The molecule has 1 aromatic heterocycles. The molecule has 3 fully saturated rings. The van der Waals surface area contributed by atoms with Crippen molar-refractivity contribution < 1.29 is 14.4 Å². The largest absolute Gasteiger partial charge is 0.340 e. The van der Waals surface area contributed by atoms with Gasteiger partial charge < -0.3 is 10.6 Å². The van der Waals surface area contributed by atoms with Gasteiger partial charge in [0, 0.05) is 58.7 Å². The molecule has 1 atom stereocenters. The van der Waals surface area contributed by atoms with Gasteiger partial charge in [0.1, 0.15) is 6.04 Å². The van der Waals surface area contributed by atoms with Crippen molar-refractivity contribution in [3.05, 3.63) is 34.2 Å². The molecular weight excluding hydrogens is 472 g/mol. The van der Waals surface area contributed by atoms with Crippen LogP contribution in [0.5, 0.6) is 0 Å². The molecule has 3 aliphatic rings. The minimum Gasteiger partial charge on any atom is -0.340 e. The van der Waals surface area contributed by atoms with Crippen LogP contribution in [0.15, 0.2) is 23.0 Å². The molecule has 0 bridgehead atoms. The molecule has 5 rings (SSSR count). The van der Waals surface area contributed by atoms with Crippen molar-refractivity contribution in [2.24, 2.45) is 18.7 Å². The minimum absolute atomic E-state index is 0.165. The van der Waals surface area contributed by atoms with E-state index >= 15 is 0 Å². The molecule has 1 aliphatic carbocycles. The standard InChI is InChI=1S/C27H38N6O4/c1-30-23-16-18(4-8-21(23)33(27(30)37)22-9-10-24(34)29-26(22)36)5-11-25(35)32-14-12-31(13-15-32)17-19-2-6-20(28)7-3-19/h4,8,16,19-20,22H,2-3,5-7,9-15,17,28H2,1H3,(H,29,34,36). The van der Waals surface area contributed by atoms with Crippen molar-refractivity contribution in [3.63, 3.8) is 0 Å². The van der Waals surface area contributed by atoms with Crippen LogP contribution in [0.2, 0.25) is 0 Å². The molecule has 200 valence electrons. The average Bonchev–Trinajstić information content (AvgIpc) is 3.14. The Morgan fingerprint density at radius 1 is 1.00 bits per heavy atom. The molecule has 0 radical (unpaired) electrons. The second kappa shape index (κ2) is 10.8. The van der Waals surface area contributed by atoms with E-state index in [4.69, 9.17) is 5.73 Å². The van der Waals surface area contributed by atoms with E-state index in [2.05, 4.69) is 10.2 Å². The Labute approximate surface area is 216 Å². The third kappa shape index (κ3) is 5.50. The smallest absolute Gasteiger partial charge is 0.329 e. The van der Waals surface area contributed by atoms with E-state index in [0.29, 0.717) is 30.8 Å². The Kier molecular flexibility index (Phi) is 7.48. The summed E-state index contributed by atoms with van der Waals surface area (Å²) < 4.78 is 3.01. The number of nitrogens with two attached hydrogens (primary N) is 1. The molecule has 2 aliphatic heterocycles. The van der Waals surface area contributed by atoms with Crippen LogP contribution in [0.4, 0.5) is 0 Å². The summed E-state index contributed by atoms with van der Waals surface area (Å²) in [5.41, 5.74) is 8.11. The van der Waals surface area contributed by atoms with Crippen LogP contribution in [-0.4, -0.2) is 75.4 Å². The first-order valence-corrected chi connectivity index (χ1v) is 13.6. The molecule has 3 N–H and O–H groups in total. The summed E-state index contributed by atoms with van der Waals surface area (Å²) in [4.78, 5) is 54.3. The van der Waals surface area contributed by atoms with E-state index in [0.717, 1.165) is 62.6 Å². The quantitative estimate of drug-likeness (QED) is 0.557. The number of piperazine rings is 1. The number of carbonyl (C=O) groups excluding carboxylic acids is 3. The van der Waals surface area contributed by atoms with Gasteiger partial charge in [-0.15, -0.1) is 0 Å². The van der Waals surface area contributed by atoms with E-state index < -0.39 is 11.9 Å². The summed E-state index contributed by atoms with van der Waals surface area (Å²) in [5, 5.41) is 2.33. The van der Waals surface area contributed by atoms with E-state index in [1.54, 1.807) is 7.05 Å².